The summed E-state index contributed by atoms with van der Waals surface area (Å²) in [6, 6.07) is 12.8. The Kier molecular flexibility index (Phi) is 3.68. The van der Waals surface area contributed by atoms with Gasteiger partial charge in [0.25, 0.3) is 5.69 Å². The monoisotopic (exact) mass is 347 g/mol. The van der Waals surface area contributed by atoms with Crippen LogP contribution in [-0.2, 0) is 12.8 Å². The first-order valence-electron chi connectivity index (χ1n) is 8.43. The van der Waals surface area contributed by atoms with E-state index in [0.717, 1.165) is 40.1 Å². The van der Waals surface area contributed by atoms with Crippen LogP contribution in [0.2, 0.25) is 0 Å². The SMILES string of the molecule is CC(=O)c1nn(-c2ccc(C)cc2)c2c1CCc1ccc([N+](=O)[O-])cc1-2. The van der Waals surface area contributed by atoms with Crippen LogP contribution in [0, 0.1) is 17.0 Å². The van der Waals surface area contributed by atoms with E-state index in [4.69, 9.17) is 0 Å². The maximum absolute atomic E-state index is 12.1. The molecule has 1 heterocycles. The Labute approximate surface area is 150 Å². The molecule has 26 heavy (non-hydrogen) atoms. The van der Waals surface area contributed by atoms with Gasteiger partial charge in [-0.05, 0) is 37.5 Å². The lowest BCUT2D eigenvalue weighted by Gasteiger charge is -2.18. The van der Waals surface area contributed by atoms with Crippen molar-refractivity contribution in [2.75, 3.05) is 0 Å². The number of ketones is 1. The zero-order valence-electron chi connectivity index (χ0n) is 14.5. The number of aromatic nitrogens is 2. The Morgan fingerprint density at radius 2 is 1.88 bits per heavy atom. The van der Waals surface area contributed by atoms with Crippen LogP contribution in [0.4, 0.5) is 5.69 Å². The van der Waals surface area contributed by atoms with Crippen molar-refractivity contribution in [1.29, 1.82) is 0 Å². The molecule has 1 aliphatic rings. The van der Waals surface area contributed by atoms with Crippen molar-refractivity contribution in [3.63, 3.8) is 0 Å². The van der Waals surface area contributed by atoms with Gasteiger partial charge >= 0.3 is 0 Å². The quantitative estimate of drug-likeness (QED) is 0.407. The lowest BCUT2D eigenvalue weighted by Crippen LogP contribution is -2.08. The summed E-state index contributed by atoms with van der Waals surface area (Å²) in [5.74, 6) is -0.0963. The lowest BCUT2D eigenvalue weighted by molar-refractivity contribution is -0.384. The smallest absolute Gasteiger partial charge is 0.270 e. The number of fused-ring (bicyclic) bond motifs is 3. The highest BCUT2D eigenvalue weighted by atomic mass is 16.6. The average Bonchev–Trinajstić information content (AvgIpc) is 3.02. The molecule has 0 N–H and O–H groups in total. The number of nitro benzene ring substituents is 1. The summed E-state index contributed by atoms with van der Waals surface area (Å²) in [6.45, 7) is 3.51. The predicted molar refractivity (Wildman–Crippen MR) is 97.8 cm³/mol. The van der Waals surface area contributed by atoms with E-state index in [9.17, 15) is 14.9 Å². The molecule has 6 nitrogen and oxygen atoms in total. The van der Waals surface area contributed by atoms with E-state index in [0.29, 0.717) is 12.1 Å². The number of carbonyl (C=O) groups is 1. The van der Waals surface area contributed by atoms with Crippen molar-refractivity contribution in [3.8, 4) is 16.9 Å². The third-order valence-electron chi connectivity index (χ3n) is 4.80. The van der Waals surface area contributed by atoms with Crippen LogP contribution in [0.3, 0.4) is 0 Å². The fraction of sp³-hybridized carbons (Fsp3) is 0.200. The minimum absolute atomic E-state index is 0.0395. The molecular weight excluding hydrogens is 330 g/mol. The number of benzene rings is 2. The molecular formula is C20H17N3O3. The number of carbonyl (C=O) groups excluding carboxylic acids is 1. The summed E-state index contributed by atoms with van der Waals surface area (Å²) in [7, 11) is 0. The number of nitrogens with zero attached hydrogens (tertiary/aromatic N) is 3. The molecule has 1 aliphatic carbocycles. The zero-order chi connectivity index (χ0) is 18.4. The van der Waals surface area contributed by atoms with Gasteiger partial charge in [0, 0.05) is 30.2 Å². The molecule has 0 atom stereocenters. The van der Waals surface area contributed by atoms with Crippen molar-refractivity contribution in [3.05, 3.63) is 75.0 Å². The first kappa shape index (κ1) is 16.2. The topological polar surface area (TPSA) is 78.0 Å². The molecule has 0 bridgehead atoms. The van der Waals surface area contributed by atoms with Gasteiger partial charge in [0.05, 0.1) is 16.3 Å². The number of aryl methyl sites for hydroxylation is 2. The maximum atomic E-state index is 12.1. The summed E-state index contributed by atoms with van der Waals surface area (Å²) in [6.07, 6.45) is 1.43. The molecule has 0 unspecified atom stereocenters. The molecule has 0 radical (unpaired) electrons. The van der Waals surface area contributed by atoms with Crippen LogP contribution in [0.1, 0.15) is 34.1 Å². The van der Waals surface area contributed by atoms with E-state index in [-0.39, 0.29) is 11.5 Å². The number of hydrogen-bond acceptors (Lipinski definition) is 4. The van der Waals surface area contributed by atoms with E-state index >= 15 is 0 Å². The molecule has 0 saturated carbocycles. The summed E-state index contributed by atoms with van der Waals surface area (Å²) in [5, 5.41) is 15.8. The van der Waals surface area contributed by atoms with Crippen molar-refractivity contribution >= 4 is 11.5 Å². The Hall–Kier alpha value is -3.28. The van der Waals surface area contributed by atoms with Crippen LogP contribution in [0.5, 0.6) is 0 Å². The Morgan fingerprint density at radius 1 is 1.15 bits per heavy atom. The van der Waals surface area contributed by atoms with Gasteiger partial charge in [0.1, 0.15) is 5.69 Å². The molecule has 130 valence electrons. The van der Waals surface area contributed by atoms with Gasteiger partial charge in [-0.2, -0.15) is 5.10 Å². The van der Waals surface area contributed by atoms with Crippen LogP contribution in [-0.4, -0.2) is 20.5 Å². The molecule has 0 amide bonds. The Morgan fingerprint density at radius 3 is 2.54 bits per heavy atom. The highest BCUT2D eigenvalue weighted by Crippen LogP contribution is 2.38. The largest absolute Gasteiger partial charge is 0.293 e. The first-order valence-corrected chi connectivity index (χ1v) is 8.43. The molecule has 0 fully saturated rings. The molecule has 0 spiro atoms. The van der Waals surface area contributed by atoms with Crippen LogP contribution < -0.4 is 0 Å². The lowest BCUT2D eigenvalue weighted by atomic mass is 9.88. The molecule has 3 aromatic rings. The summed E-state index contributed by atoms with van der Waals surface area (Å²) < 4.78 is 1.74. The third-order valence-corrected chi connectivity index (χ3v) is 4.80. The summed E-state index contributed by atoms with van der Waals surface area (Å²) >= 11 is 0. The van der Waals surface area contributed by atoms with Gasteiger partial charge in [0.2, 0.25) is 0 Å². The van der Waals surface area contributed by atoms with Gasteiger partial charge in [-0.3, -0.25) is 14.9 Å². The van der Waals surface area contributed by atoms with Gasteiger partial charge < -0.3 is 0 Å². The van der Waals surface area contributed by atoms with Gasteiger partial charge in [-0.25, -0.2) is 4.68 Å². The Bertz CT molecular complexity index is 1050. The van der Waals surface area contributed by atoms with Crippen LogP contribution >= 0.6 is 0 Å². The number of hydrogen-bond donors (Lipinski definition) is 0. The second kappa shape index (κ2) is 5.91. The number of Topliss-reactive ketones (excluding diaryl/α,β-unsaturated/α-hetero) is 1. The molecule has 0 aliphatic heterocycles. The standard InChI is InChI=1S/C20H17N3O3/c1-12-3-7-15(8-4-12)22-20-17(19(21-22)13(2)24)10-6-14-5-9-16(23(25)26)11-18(14)20/h3-5,7-9,11H,6,10H2,1-2H3. The highest BCUT2D eigenvalue weighted by molar-refractivity contribution is 5.96. The van der Waals surface area contributed by atoms with Crippen LogP contribution in [0.25, 0.3) is 16.9 Å². The van der Waals surface area contributed by atoms with E-state index in [1.165, 1.54) is 13.0 Å². The number of rotatable bonds is 3. The molecule has 0 saturated heterocycles. The first-order chi connectivity index (χ1) is 12.5. The van der Waals surface area contributed by atoms with E-state index in [2.05, 4.69) is 5.10 Å². The van der Waals surface area contributed by atoms with Crippen LogP contribution in [0.15, 0.2) is 42.5 Å². The minimum atomic E-state index is -0.396. The fourth-order valence-electron chi connectivity index (χ4n) is 3.50. The van der Waals surface area contributed by atoms with Crippen molar-refractivity contribution in [1.82, 2.24) is 9.78 Å². The summed E-state index contributed by atoms with van der Waals surface area (Å²) in [4.78, 5) is 23.0. The van der Waals surface area contributed by atoms with E-state index < -0.39 is 4.92 Å². The maximum Gasteiger partial charge on any atom is 0.270 e. The molecule has 6 heteroatoms. The third kappa shape index (κ3) is 2.50. The van der Waals surface area contributed by atoms with E-state index in [1.807, 2.05) is 31.2 Å². The van der Waals surface area contributed by atoms with Crippen molar-refractivity contribution in [2.45, 2.75) is 26.7 Å². The highest BCUT2D eigenvalue weighted by Gasteiger charge is 2.28. The van der Waals surface area contributed by atoms with Crippen molar-refractivity contribution in [2.24, 2.45) is 0 Å². The number of non-ortho nitro benzene ring substituents is 1. The molecule has 1 aromatic heterocycles. The fourth-order valence-corrected chi connectivity index (χ4v) is 3.50. The molecule has 2 aromatic carbocycles. The van der Waals surface area contributed by atoms with Gasteiger partial charge in [-0.1, -0.05) is 23.8 Å². The average molecular weight is 347 g/mol. The summed E-state index contributed by atoms with van der Waals surface area (Å²) in [5.41, 5.74) is 5.90. The Balaban J connectivity index is 2.01. The minimum Gasteiger partial charge on any atom is -0.293 e. The molecule has 4 rings (SSSR count). The predicted octanol–water partition coefficient (Wildman–Crippen LogP) is 4.06. The zero-order valence-corrected chi connectivity index (χ0v) is 14.5. The second-order valence-corrected chi connectivity index (χ2v) is 6.58. The van der Waals surface area contributed by atoms with Gasteiger partial charge in [-0.15, -0.1) is 0 Å². The normalized spacial score (nSPS) is 12.4. The number of nitro groups is 1. The van der Waals surface area contributed by atoms with E-state index in [1.54, 1.807) is 16.8 Å². The van der Waals surface area contributed by atoms with Crippen molar-refractivity contribution < 1.29 is 9.72 Å². The van der Waals surface area contributed by atoms with Gasteiger partial charge in [0.15, 0.2) is 5.78 Å². The second-order valence-electron chi connectivity index (χ2n) is 6.58.